The van der Waals surface area contributed by atoms with Crippen molar-refractivity contribution in [2.24, 2.45) is 5.41 Å². The molecular weight excluding hydrogens is 1490 g/mol. The van der Waals surface area contributed by atoms with Gasteiger partial charge in [-0.3, -0.25) is 33.3 Å². The van der Waals surface area contributed by atoms with Gasteiger partial charge >= 0.3 is 31.7 Å². The van der Waals surface area contributed by atoms with Gasteiger partial charge in [0.25, 0.3) is 0 Å². The molecule has 0 aromatic carbocycles. The number of methoxy groups -OCH3 is 1. The third-order valence-corrected chi connectivity index (χ3v) is 23.7. The molecule has 1 rings (SSSR count). The average Bonchev–Trinajstić information content (AvgIpc) is 0.777. The van der Waals surface area contributed by atoms with Crippen molar-refractivity contribution in [3.8, 4) is 0 Å². The van der Waals surface area contributed by atoms with Crippen molar-refractivity contribution >= 4 is 43.5 Å². The Morgan fingerprint density at radius 1 is 0.379 bits per heavy atom. The van der Waals surface area contributed by atoms with E-state index in [2.05, 4.69) is 52.2 Å². The lowest BCUT2D eigenvalue weighted by molar-refractivity contribution is -0.279. The Hall–Kier alpha value is -3.27. The van der Waals surface area contributed by atoms with Crippen molar-refractivity contribution in [2.45, 2.75) is 521 Å². The molecule has 116 heavy (non-hydrogen) atoms. The first-order valence-electron chi connectivity index (χ1n) is 48.4. The number of hydrogen-bond acceptors (Lipinski definition) is 17. The number of rotatable bonds is 86. The zero-order valence-corrected chi connectivity index (χ0v) is 76.3. The van der Waals surface area contributed by atoms with Gasteiger partial charge in [-0.15, -0.1) is 0 Å². The van der Waals surface area contributed by atoms with Gasteiger partial charge in [0.15, 0.2) is 12.4 Å². The van der Waals surface area contributed by atoms with Gasteiger partial charge in [-0.25, -0.2) is 4.57 Å². The summed E-state index contributed by atoms with van der Waals surface area (Å²) in [6.45, 7) is 10.7. The summed E-state index contributed by atoms with van der Waals surface area (Å²) in [5.74, 6) is -3.39. The number of esters is 4. The van der Waals surface area contributed by atoms with Crippen LogP contribution in [0.3, 0.4) is 0 Å². The Kier molecular flexibility index (Phi) is 74.2. The quantitative estimate of drug-likeness (QED) is 0.0143. The molecule has 0 aliphatic carbocycles. The van der Waals surface area contributed by atoms with E-state index in [-0.39, 0.29) is 51.2 Å². The molecule has 1 fully saturated rings. The van der Waals surface area contributed by atoms with Gasteiger partial charge in [-0.05, 0) is 57.8 Å². The summed E-state index contributed by atoms with van der Waals surface area (Å²) in [5.41, 5.74) is -1.45. The van der Waals surface area contributed by atoms with Gasteiger partial charge in [0.1, 0.15) is 36.6 Å². The second-order valence-corrected chi connectivity index (χ2v) is 35.7. The van der Waals surface area contributed by atoms with Gasteiger partial charge < -0.3 is 63.8 Å². The predicted octanol–water partition coefficient (Wildman–Crippen LogP) is 23.3. The van der Waals surface area contributed by atoms with Crippen molar-refractivity contribution < 1.29 is 91.0 Å². The molecule has 22 heteroatoms. The average molecular weight is 1670 g/mol. The van der Waals surface area contributed by atoms with E-state index in [1.165, 1.54) is 174 Å². The number of ether oxygens (including phenoxy) is 7. The fourth-order valence-electron chi connectivity index (χ4n) is 15.9. The van der Waals surface area contributed by atoms with Gasteiger partial charge in [0.2, 0.25) is 11.8 Å². The molecule has 1 heterocycles. The highest BCUT2D eigenvalue weighted by Crippen LogP contribution is 2.43. The number of phosphoric acid groups is 1. The molecule has 0 aromatic heterocycles. The summed E-state index contributed by atoms with van der Waals surface area (Å²) in [6, 6.07) is -1.69. The van der Waals surface area contributed by atoms with Crippen LogP contribution in [0.1, 0.15) is 472 Å². The van der Waals surface area contributed by atoms with Crippen LogP contribution in [0, 0.1) is 5.41 Å². The largest absolute Gasteiger partial charge is 0.470 e. The van der Waals surface area contributed by atoms with Gasteiger partial charge in [-0.1, -0.05) is 375 Å². The molecule has 1 aliphatic rings. The highest BCUT2D eigenvalue weighted by Gasteiger charge is 2.53. The minimum absolute atomic E-state index is 0.143. The van der Waals surface area contributed by atoms with Crippen LogP contribution >= 0.6 is 7.82 Å². The summed E-state index contributed by atoms with van der Waals surface area (Å²) < 4.78 is 62.1. The predicted molar refractivity (Wildman–Crippen MR) is 468 cm³/mol. The standard InChI is InChI=1S/C94H179N2O19P/c1-8-14-20-26-32-38-40-46-52-58-63-69-86(101)110-80(66-60-54-48-42-34-28-22-16-10-3)72-84(99)95-76-94(77-98,78-108-7)79-109-93-90(96-85(100)73-81(67-61-55-49-43-35-29-23-17-11-4)111-87(102)70-64-59-53-47-41-39-33-27-21-15-9-2)92(91(83(75-97)113-93)115-116(105,106)107)114-89(104)74-82(68-62-56-50-44-36-30-24-18-12-5)112-88(103)71-65-57-51-45-37-31-25-19-13-6/h80-83,90-93,97-98H,8-79H2,1-7H3,(H,95,99)(H,96,100)(H2,105,106,107)/t80-,81-,82-,83?,90+,91-,92-,93?,94?/m1/s1. The van der Waals surface area contributed by atoms with Crippen LogP contribution < -0.4 is 10.6 Å². The summed E-state index contributed by atoms with van der Waals surface area (Å²) in [4.78, 5) is 107. The Balaban J connectivity index is 3.88. The number of carbonyl (C=O) groups is 6. The van der Waals surface area contributed by atoms with Gasteiger partial charge in [0.05, 0.1) is 51.1 Å². The van der Waals surface area contributed by atoms with Crippen molar-refractivity contribution in [1.29, 1.82) is 0 Å². The lowest BCUT2D eigenvalue weighted by Gasteiger charge is -2.46. The first kappa shape index (κ1) is 111. The fraction of sp³-hybridized carbons (Fsp3) is 0.936. The molecule has 9 atom stereocenters. The summed E-state index contributed by atoms with van der Waals surface area (Å²) in [6.07, 6.45) is 53.5. The van der Waals surface area contributed by atoms with Crippen molar-refractivity contribution in [1.82, 2.24) is 10.6 Å². The molecule has 0 aromatic rings. The highest BCUT2D eigenvalue weighted by atomic mass is 31.2. The molecule has 21 nitrogen and oxygen atoms in total. The minimum Gasteiger partial charge on any atom is -0.462 e. The number of amides is 2. The Morgan fingerprint density at radius 2 is 0.672 bits per heavy atom. The minimum atomic E-state index is -5.55. The van der Waals surface area contributed by atoms with E-state index in [4.69, 9.17) is 37.7 Å². The molecule has 0 saturated carbocycles. The first-order chi connectivity index (χ1) is 56.4. The van der Waals surface area contributed by atoms with Crippen LogP contribution in [0.15, 0.2) is 0 Å². The van der Waals surface area contributed by atoms with Crippen molar-refractivity contribution in [3.05, 3.63) is 0 Å². The second kappa shape index (κ2) is 77.8. The van der Waals surface area contributed by atoms with E-state index in [0.717, 1.165) is 173 Å². The maximum atomic E-state index is 15.1. The number of aliphatic hydroxyl groups excluding tert-OH is 2. The van der Waals surface area contributed by atoms with E-state index < -0.39 is 118 Å². The number of carbonyl (C=O) groups excluding carboxylic acids is 6. The number of unbranched alkanes of at least 4 members (excludes halogenated alkanes) is 52. The molecule has 1 aliphatic heterocycles. The fourth-order valence-corrected chi connectivity index (χ4v) is 16.4. The van der Waals surface area contributed by atoms with Crippen molar-refractivity contribution in [2.75, 3.05) is 40.1 Å². The molecular formula is C94H179N2O19P. The van der Waals surface area contributed by atoms with E-state index >= 15 is 4.79 Å². The van der Waals surface area contributed by atoms with Crippen molar-refractivity contribution in [3.63, 3.8) is 0 Å². The molecule has 0 radical (unpaired) electrons. The van der Waals surface area contributed by atoms with Crippen LogP contribution in [0.4, 0.5) is 0 Å². The third kappa shape index (κ3) is 63.7. The van der Waals surface area contributed by atoms with E-state index in [1.807, 2.05) is 0 Å². The monoisotopic (exact) mass is 1670 g/mol. The number of hydrogen-bond donors (Lipinski definition) is 6. The normalized spacial score (nSPS) is 17.0. The summed E-state index contributed by atoms with van der Waals surface area (Å²) in [5, 5.41) is 28.5. The lowest BCUT2D eigenvalue weighted by Crippen LogP contribution is -2.67. The number of aliphatic hydroxyl groups is 2. The summed E-state index contributed by atoms with van der Waals surface area (Å²) >= 11 is 0. The van der Waals surface area contributed by atoms with Crippen LogP contribution in [-0.2, 0) is 71.0 Å². The zero-order valence-electron chi connectivity index (χ0n) is 75.4. The molecule has 684 valence electrons. The van der Waals surface area contributed by atoms with Crippen LogP contribution in [0.5, 0.6) is 0 Å². The first-order valence-corrected chi connectivity index (χ1v) is 50.0. The maximum Gasteiger partial charge on any atom is 0.470 e. The zero-order chi connectivity index (χ0) is 85.1. The SMILES string of the molecule is CCCCCCCCCCCCCC(=O)O[C@H](CCCCCCCCCCC)CC(=O)NCC(CO)(COC)COC1OC(CO)[C@@H](OP(=O)(O)O)[C@H](OC(=O)C[C@@H](CCCCCCCCCCC)OC(=O)CCCCCCCCCCC)[C@@H]1NC(=O)C[C@@H](CCCCCCCCCCC)OC(=O)CCCCCCCCCCCCC. The van der Waals surface area contributed by atoms with E-state index in [9.17, 15) is 48.5 Å². The molecule has 1 saturated heterocycles. The molecule has 2 amide bonds. The van der Waals surface area contributed by atoms with Gasteiger partial charge in [-0.2, -0.15) is 0 Å². The topological polar surface area (TPSA) is 298 Å². The molecule has 3 unspecified atom stereocenters. The molecule has 6 N–H and O–H groups in total. The van der Waals surface area contributed by atoms with Crippen LogP contribution in [-0.4, -0.2) is 145 Å². The van der Waals surface area contributed by atoms with Crippen LogP contribution in [0.2, 0.25) is 0 Å². The lowest BCUT2D eigenvalue weighted by atomic mass is 9.90. The Bertz CT molecular complexity index is 2370. The number of nitrogens with one attached hydrogen (secondary N) is 2. The van der Waals surface area contributed by atoms with E-state index in [0.29, 0.717) is 51.4 Å². The highest BCUT2D eigenvalue weighted by molar-refractivity contribution is 7.46. The van der Waals surface area contributed by atoms with E-state index in [1.54, 1.807) is 0 Å². The maximum absolute atomic E-state index is 15.1. The van der Waals surface area contributed by atoms with Gasteiger partial charge in [0, 0.05) is 32.9 Å². The third-order valence-electron chi connectivity index (χ3n) is 23.1. The Labute approximate surface area is 707 Å². The summed E-state index contributed by atoms with van der Waals surface area (Å²) in [7, 11) is -4.13. The smallest absolute Gasteiger partial charge is 0.462 e. The molecule has 0 bridgehead atoms. The van der Waals surface area contributed by atoms with Crippen LogP contribution in [0.25, 0.3) is 0 Å². The molecule has 0 spiro atoms. The second-order valence-electron chi connectivity index (χ2n) is 34.5. The Morgan fingerprint density at radius 3 is 0.966 bits per heavy atom. The number of phosphoric ester groups is 1.